The monoisotopic (exact) mass is 477 g/mol. The first kappa shape index (κ1) is 20.7. The third-order valence-corrected chi connectivity index (χ3v) is 5.21. The molecule has 154 valence electrons. The van der Waals surface area contributed by atoms with Crippen molar-refractivity contribution < 1.29 is 13.9 Å². The van der Waals surface area contributed by atoms with Gasteiger partial charge < -0.3 is 4.74 Å². The Balaban J connectivity index is 1.41. The molecule has 0 aliphatic heterocycles. The second-order valence-corrected chi connectivity index (χ2v) is 7.54. The van der Waals surface area contributed by atoms with E-state index in [0.717, 1.165) is 26.5 Å². The smallest absolute Gasteiger partial charge is 0.289 e. The fourth-order valence-corrected chi connectivity index (χ4v) is 3.22. The summed E-state index contributed by atoms with van der Waals surface area (Å²) in [5.74, 6) is -0.0647. The van der Waals surface area contributed by atoms with E-state index >= 15 is 0 Å². The molecule has 0 spiro atoms. The van der Waals surface area contributed by atoms with E-state index in [4.69, 9.17) is 4.74 Å². The number of amides is 1. The number of hydrogen-bond acceptors (Lipinski definition) is 4. The van der Waals surface area contributed by atoms with Crippen LogP contribution >= 0.6 is 15.9 Å². The number of carbonyl (C=O) groups excluding carboxylic acids is 1. The molecule has 0 unspecified atom stereocenters. The summed E-state index contributed by atoms with van der Waals surface area (Å²) in [5.41, 5.74) is 5.10. The van der Waals surface area contributed by atoms with E-state index in [0.29, 0.717) is 12.4 Å². The summed E-state index contributed by atoms with van der Waals surface area (Å²) in [6.07, 6.45) is 1.52. The Morgan fingerprint density at radius 1 is 1.06 bits per heavy atom. The first-order chi connectivity index (χ1) is 15.1. The largest absolute Gasteiger partial charge is 0.489 e. The van der Waals surface area contributed by atoms with Gasteiger partial charge in [-0.05, 0) is 48.0 Å². The van der Waals surface area contributed by atoms with Crippen molar-refractivity contribution in [3.05, 3.63) is 106 Å². The van der Waals surface area contributed by atoms with Crippen LogP contribution in [0, 0.1) is 5.82 Å². The molecular weight excluding hydrogens is 461 g/mol. The fourth-order valence-electron chi connectivity index (χ4n) is 2.87. The highest BCUT2D eigenvalue weighted by molar-refractivity contribution is 9.10. The summed E-state index contributed by atoms with van der Waals surface area (Å²) in [7, 11) is 0. The number of hydrazone groups is 1. The van der Waals surface area contributed by atoms with Crippen molar-refractivity contribution >= 4 is 39.0 Å². The Kier molecular flexibility index (Phi) is 6.33. The van der Waals surface area contributed by atoms with Crippen molar-refractivity contribution in [2.45, 2.75) is 6.61 Å². The van der Waals surface area contributed by atoms with Gasteiger partial charge in [-0.25, -0.2) is 14.8 Å². The summed E-state index contributed by atoms with van der Waals surface area (Å²) < 4.78 is 19.6. The maximum absolute atomic E-state index is 13.0. The molecule has 0 aliphatic rings. The van der Waals surface area contributed by atoms with Gasteiger partial charge in [-0.3, -0.25) is 4.79 Å². The van der Waals surface area contributed by atoms with Crippen LogP contribution in [0.3, 0.4) is 0 Å². The maximum Gasteiger partial charge on any atom is 0.289 e. The highest BCUT2D eigenvalue weighted by Crippen LogP contribution is 2.22. The van der Waals surface area contributed by atoms with Gasteiger partial charge >= 0.3 is 0 Å². The molecule has 1 amide bonds. The lowest BCUT2D eigenvalue weighted by Gasteiger charge is -2.08. The molecule has 1 aromatic heterocycles. The zero-order valence-corrected chi connectivity index (χ0v) is 17.8. The quantitative estimate of drug-likeness (QED) is 0.295. The summed E-state index contributed by atoms with van der Waals surface area (Å²) in [6, 6.07) is 22.6. The molecule has 7 heteroatoms. The molecular formula is C24H17BrFN3O2. The number of nitrogens with zero attached hydrogens (tertiary/aromatic N) is 2. The predicted molar refractivity (Wildman–Crippen MR) is 122 cm³/mol. The van der Waals surface area contributed by atoms with Gasteiger partial charge in [0.15, 0.2) is 0 Å². The fraction of sp³-hybridized carbons (Fsp3) is 0.0417. The molecule has 0 radical (unpaired) electrons. The van der Waals surface area contributed by atoms with Crippen molar-refractivity contribution in [1.82, 2.24) is 10.4 Å². The SMILES string of the molecule is O=C(N/N=C/c1cc(OCc2ccc(F)cc2)ccc1Br)c1ccc2ccccc2n1. The third kappa shape index (κ3) is 5.32. The number of halogens is 2. The summed E-state index contributed by atoms with van der Waals surface area (Å²) in [5, 5.41) is 5.00. The van der Waals surface area contributed by atoms with Crippen LogP contribution in [0.1, 0.15) is 21.6 Å². The lowest BCUT2D eigenvalue weighted by molar-refractivity contribution is 0.0950. The number of fused-ring (bicyclic) bond motifs is 1. The van der Waals surface area contributed by atoms with Gasteiger partial charge in [-0.2, -0.15) is 5.10 Å². The summed E-state index contributed by atoms with van der Waals surface area (Å²) in [6.45, 7) is 0.308. The summed E-state index contributed by atoms with van der Waals surface area (Å²) >= 11 is 3.46. The Labute approximate surface area is 186 Å². The van der Waals surface area contributed by atoms with Crippen molar-refractivity contribution in [3.8, 4) is 5.75 Å². The molecule has 0 saturated carbocycles. The van der Waals surface area contributed by atoms with Crippen LogP contribution < -0.4 is 10.2 Å². The van der Waals surface area contributed by atoms with E-state index in [1.165, 1.54) is 18.3 Å². The number of carbonyl (C=O) groups is 1. The average Bonchev–Trinajstić information content (AvgIpc) is 2.80. The molecule has 1 heterocycles. The van der Waals surface area contributed by atoms with Crippen LogP contribution in [-0.4, -0.2) is 17.1 Å². The molecule has 4 rings (SSSR count). The van der Waals surface area contributed by atoms with Crippen LogP contribution in [0.5, 0.6) is 5.75 Å². The number of aromatic nitrogens is 1. The van der Waals surface area contributed by atoms with E-state index in [1.807, 2.05) is 42.5 Å². The molecule has 31 heavy (non-hydrogen) atoms. The number of benzene rings is 3. The van der Waals surface area contributed by atoms with Gasteiger partial charge in [-0.1, -0.05) is 52.3 Å². The Hall–Kier alpha value is -3.58. The number of hydrogen-bond donors (Lipinski definition) is 1. The predicted octanol–water partition coefficient (Wildman–Crippen LogP) is 5.48. The lowest BCUT2D eigenvalue weighted by atomic mass is 10.2. The van der Waals surface area contributed by atoms with Gasteiger partial charge in [0.25, 0.3) is 5.91 Å². The number of rotatable bonds is 6. The van der Waals surface area contributed by atoms with Gasteiger partial charge in [0, 0.05) is 15.4 Å². The second-order valence-electron chi connectivity index (χ2n) is 6.69. The highest BCUT2D eigenvalue weighted by Gasteiger charge is 2.07. The van der Waals surface area contributed by atoms with Gasteiger partial charge in [-0.15, -0.1) is 0 Å². The minimum absolute atomic E-state index is 0.284. The minimum atomic E-state index is -0.401. The molecule has 0 atom stereocenters. The molecule has 0 bridgehead atoms. The topological polar surface area (TPSA) is 63.6 Å². The minimum Gasteiger partial charge on any atom is -0.489 e. The van der Waals surface area contributed by atoms with Crippen molar-refractivity contribution in [1.29, 1.82) is 0 Å². The van der Waals surface area contributed by atoms with E-state index in [1.54, 1.807) is 24.3 Å². The third-order valence-electron chi connectivity index (χ3n) is 4.49. The first-order valence-electron chi connectivity index (χ1n) is 9.44. The van der Waals surface area contributed by atoms with Crippen molar-refractivity contribution in [2.75, 3.05) is 0 Å². The highest BCUT2D eigenvalue weighted by atomic mass is 79.9. The zero-order valence-electron chi connectivity index (χ0n) is 16.3. The Bertz CT molecular complexity index is 1260. The molecule has 5 nitrogen and oxygen atoms in total. The Morgan fingerprint density at radius 2 is 1.87 bits per heavy atom. The first-order valence-corrected chi connectivity index (χ1v) is 10.2. The maximum atomic E-state index is 13.0. The second kappa shape index (κ2) is 9.49. The van der Waals surface area contributed by atoms with Crippen LogP contribution in [0.15, 0.2) is 88.4 Å². The number of para-hydroxylation sites is 1. The van der Waals surface area contributed by atoms with Crippen molar-refractivity contribution in [2.24, 2.45) is 5.10 Å². The average molecular weight is 478 g/mol. The van der Waals surface area contributed by atoms with Crippen LogP contribution in [0.25, 0.3) is 10.9 Å². The zero-order chi connectivity index (χ0) is 21.6. The van der Waals surface area contributed by atoms with Gasteiger partial charge in [0.2, 0.25) is 0 Å². The van der Waals surface area contributed by atoms with Gasteiger partial charge in [0.05, 0.1) is 11.7 Å². The molecule has 4 aromatic rings. The Morgan fingerprint density at radius 3 is 2.71 bits per heavy atom. The van der Waals surface area contributed by atoms with E-state index in [-0.39, 0.29) is 11.5 Å². The number of nitrogens with one attached hydrogen (secondary N) is 1. The standard InChI is InChI=1S/C24H17BrFN3O2/c25-21-11-10-20(31-15-16-5-8-19(26)9-6-16)13-18(21)14-27-29-24(30)23-12-7-17-3-1-2-4-22(17)28-23/h1-14H,15H2,(H,29,30)/b27-14+. The lowest BCUT2D eigenvalue weighted by Crippen LogP contribution is -2.19. The van der Waals surface area contributed by atoms with E-state index in [2.05, 4.69) is 31.4 Å². The molecule has 0 saturated heterocycles. The molecule has 3 aromatic carbocycles. The van der Waals surface area contributed by atoms with Crippen molar-refractivity contribution in [3.63, 3.8) is 0 Å². The molecule has 0 aliphatic carbocycles. The number of ether oxygens (including phenoxy) is 1. The van der Waals surface area contributed by atoms with E-state index in [9.17, 15) is 9.18 Å². The molecule has 1 N–H and O–H groups in total. The van der Waals surface area contributed by atoms with Gasteiger partial charge in [0.1, 0.15) is 23.9 Å². The summed E-state index contributed by atoms with van der Waals surface area (Å²) in [4.78, 5) is 16.7. The van der Waals surface area contributed by atoms with Crippen LogP contribution in [0.4, 0.5) is 4.39 Å². The van der Waals surface area contributed by atoms with Crippen LogP contribution in [0.2, 0.25) is 0 Å². The number of pyridine rings is 1. The van der Waals surface area contributed by atoms with Crippen LogP contribution in [-0.2, 0) is 6.61 Å². The van der Waals surface area contributed by atoms with E-state index < -0.39 is 5.91 Å². The molecule has 0 fully saturated rings. The normalized spacial score (nSPS) is 11.0.